The van der Waals surface area contributed by atoms with Gasteiger partial charge in [-0.25, -0.2) is 9.48 Å². The van der Waals surface area contributed by atoms with E-state index in [9.17, 15) is 9.59 Å². The van der Waals surface area contributed by atoms with Gasteiger partial charge in [0.2, 0.25) is 0 Å². The van der Waals surface area contributed by atoms with Gasteiger partial charge in [0, 0.05) is 6.20 Å². The van der Waals surface area contributed by atoms with E-state index in [4.69, 9.17) is 4.74 Å². The van der Waals surface area contributed by atoms with Crippen LogP contribution in [0.3, 0.4) is 0 Å². The van der Waals surface area contributed by atoms with E-state index in [0.717, 1.165) is 12.8 Å². The predicted molar refractivity (Wildman–Crippen MR) is 72.3 cm³/mol. The van der Waals surface area contributed by atoms with E-state index in [2.05, 4.69) is 5.10 Å². The maximum absolute atomic E-state index is 12.0. The van der Waals surface area contributed by atoms with Crippen LogP contribution in [0.15, 0.2) is 29.2 Å². The van der Waals surface area contributed by atoms with Crippen LogP contribution in [0.1, 0.15) is 26.2 Å². The molecule has 20 heavy (non-hydrogen) atoms. The highest BCUT2D eigenvalue weighted by molar-refractivity contribution is 5.69. The maximum atomic E-state index is 12.0. The first-order chi connectivity index (χ1) is 9.65. The Kier molecular flexibility index (Phi) is 3.30. The summed E-state index contributed by atoms with van der Waals surface area (Å²) in [5, 5.41) is 4.17. The average molecular weight is 275 g/mol. The number of carbonyl (C=O) groups is 1. The van der Waals surface area contributed by atoms with Gasteiger partial charge >= 0.3 is 11.7 Å². The zero-order valence-corrected chi connectivity index (χ0v) is 11.4. The van der Waals surface area contributed by atoms with Gasteiger partial charge in [-0.05, 0) is 37.8 Å². The van der Waals surface area contributed by atoms with Crippen molar-refractivity contribution < 1.29 is 9.53 Å². The zero-order valence-electron chi connectivity index (χ0n) is 11.4. The van der Waals surface area contributed by atoms with Gasteiger partial charge in [0.1, 0.15) is 6.10 Å². The zero-order chi connectivity index (χ0) is 14.1. The number of nitrogens with zero attached hydrogens (tertiary/aromatic N) is 3. The molecule has 0 saturated heterocycles. The quantitative estimate of drug-likeness (QED) is 0.770. The first kappa shape index (κ1) is 12.9. The Balaban J connectivity index is 1.63. The van der Waals surface area contributed by atoms with Gasteiger partial charge in [-0.2, -0.15) is 0 Å². The molecule has 6 heteroatoms. The average Bonchev–Trinajstić information content (AvgIpc) is 3.23. The van der Waals surface area contributed by atoms with E-state index < -0.39 is 0 Å². The number of aryl methyl sites for hydroxylation is 1. The van der Waals surface area contributed by atoms with E-state index in [0.29, 0.717) is 11.6 Å². The van der Waals surface area contributed by atoms with Crippen molar-refractivity contribution in [2.24, 2.45) is 5.92 Å². The van der Waals surface area contributed by atoms with E-state index >= 15 is 0 Å². The van der Waals surface area contributed by atoms with Crippen molar-refractivity contribution in [3.05, 3.63) is 34.9 Å². The van der Waals surface area contributed by atoms with Crippen molar-refractivity contribution in [3.8, 4) is 0 Å². The first-order valence-electron chi connectivity index (χ1n) is 6.89. The summed E-state index contributed by atoms with van der Waals surface area (Å²) in [7, 11) is 0. The summed E-state index contributed by atoms with van der Waals surface area (Å²) in [4.78, 5) is 23.7. The number of esters is 1. The number of hydrogen-bond donors (Lipinski definition) is 0. The van der Waals surface area contributed by atoms with Crippen LogP contribution in [0.4, 0.5) is 0 Å². The van der Waals surface area contributed by atoms with Gasteiger partial charge < -0.3 is 4.74 Å². The summed E-state index contributed by atoms with van der Waals surface area (Å²) in [5.74, 6) is 0.255. The number of hydrogen-bond acceptors (Lipinski definition) is 4. The number of aromatic nitrogens is 3. The molecule has 1 aliphatic rings. The van der Waals surface area contributed by atoms with Crippen LogP contribution in [-0.4, -0.2) is 26.3 Å². The SMILES string of the molecule is C[C@@H](OC(=O)CCn1nc2ccccn2c1=O)C1CC1. The van der Waals surface area contributed by atoms with Gasteiger partial charge in [-0.15, -0.1) is 5.10 Å². The molecule has 1 saturated carbocycles. The van der Waals surface area contributed by atoms with Gasteiger partial charge in [-0.3, -0.25) is 9.20 Å². The molecule has 2 heterocycles. The van der Waals surface area contributed by atoms with Gasteiger partial charge in [-0.1, -0.05) is 6.07 Å². The van der Waals surface area contributed by atoms with E-state index in [1.807, 2.05) is 13.0 Å². The monoisotopic (exact) mass is 275 g/mol. The lowest BCUT2D eigenvalue weighted by molar-refractivity contribution is -0.149. The minimum Gasteiger partial charge on any atom is -0.462 e. The van der Waals surface area contributed by atoms with Crippen molar-refractivity contribution in [2.45, 2.75) is 38.8 Å². The lowest BCUT2D eigenvalue weighted by Gasteiger charge is -2.11. The molecule has 1 fully saturated rings. The second-order valence-corrected chi connectivity index (χ2v) is 5.22. The first-order valence-corrected chi connectivity index (χ1v) is 6.89. The fraction of sp³-hybridized carbons (Fsp3) is 0.500. The van der Waals surface area contributed by atoms with Crippen molar-refractivity contribution in [3.63, 3.8) is 0 Å². The molecule has 6 nitrogen and oxygen atoms in total. The third-order valence-corrected chi connectivity index (χ3v) is 3.62. The summed E-state index contributed by atoms with van der Waals surface area (Å²) in [6, 6.07) is 5.34. The van der Waals surface area contributed by atoms with Gasteiger partial charge in [0.15, 0.2) is 5.65 Å². The largest absolute Gasteiger partial charge is 0.462 e. The second kappa shape index (κ2) is 5.11. The molecule has 0 radical (unpaired) electrons. The number of rotatable bonds is 5. The minimum absolute atomic E-state index is 0.0136. The highest BCUT2D eigenvalue weighted by Gasteiger charge is 2.30. The molecule has 0 aromatic carbocycles. The lowest BCUT2D eigenvalue weighted by Crippen LogP contribution is -2.24. The highest BCUT2D eigenvalue weighted by Crippen LogP contribution is 2.34. The van der Waals surface area contributed by atoms with Crippen molar-refractivity contribution in [2.75, 3.05) is 0 Å². The van der Waals surface area contributed by atoms with Crippen LogP contribution in [0, 0.1) is 5.92 Å². The Bertz CT molecular complexity index is 684. The third-order valence-electron chi connectivity index (χ3n) is 3.62. The number of pyridine rings is 1. The molecule has 1 aliphatic carbocycles. The van der Waals surface area contributed by atoms with E-state index in [1.165, 1.54) is 9.08 Å². The van der Waals surface area contributed by atoms with Crippen molar-refractivity contribution in [1.29, 1.82) is 0 Å². The Hall–Kier alpha value is -2.11. The summed E-state index contributed by atoms with van der Waals surface area (Å²) in [5.41, 5.74) is 0.348. The van der Waals surface area contributed by atoms with E-state index in [-0.39, 0.29) is 30.7 Å². The fourth-order valence-electron chi connectivity index (χ4n) is 2.24. The molecule has 106 valence electrons. The van der Waals surface area contributed by atoms with Crippen LogP contribution in [0.5, 0.6) is 0 Å². The Morgan fingerprint density at radius 1 is 1.50 bits per heavy atom. The Morgan fingerprint density at radius 2 is 2.30 bits per heavy atom. The molecule has 0 aliphatic heterocycles. The second-order valence-electron chi connectivity index (χ2n) is 5.22. The van der Waals surface area contributed by atoms with Crippen LogP contribution in [-0.2, 0) is 16.1 Å². The smallest absolute Gasteiger partial charge is 0.350 e. The number of ether oxygens (including phenoxy) is 1. The number of fused-ring (bicyclic) bond motifs is 1. The fourth-order valence-corrected chi connectivity index (χ4v) is 2.24. The minimum atomic E-state index is -0.270. The third kappa shape index (κ3) is 2.59. The van der Waals surface area contributed by atoms with Gasteiger partial charge in [0.05, 0.1) is 13.0 Å². The van der Waals surface area contributed by atoms with Crippen molar-refractivity contribution in [1.82, 2.24) is 14.2 Å². The van der Waals surface area contributed by atoms with Crippen LogP contribution in [0.25, 0.3) is 5.65 Å². The standard InChI is InChI=1S/C14H17N3O3/c1-10(11-5-6-11)20-13(18)7-9-17-14(19)16-8-3-2-4-12(16)15-17/h2-4,8,10-11H,5-7,9H2,1H3/t10-/m1/s1. The van der Waals surface area contributed by atoms with Gasteiger partial charge in [0.25, 0.3) is 0 Å². The molecule has 0 unspecified atom stereocenters. The Labute approximate surface area is 116 Å². The lowest BCUT2D eigenvalue weighted by atomic mass is 10.3. The Morgan fingerprint density at radius 3 is 3.00 bits per heavy atom. The predicted octanol–water partition coefficient (Wildman–Crippen LogP) is 1.23. The summed E-state index contributed by atoms with van der Waals surface area (Å²) < 4.78 is 8.08. The molecule has 2 aromatic heterocycles. The molecule has 1 atom stereocenters. The normalized spacial score (nSPS) is 16.2. The molecular weight excluding hydrogens is 258 g/mol. The summed E-state index contributed by atoms with van der Waals surface area (Å²) in [6.07, 6.45) is 4.09. The molecule has 0 spiro atoms. The summed E-state index contributed by atoms with van der Waals surface area (Å²) in [6.45, 7) is 2.17. The van der Waals surface area contributed by atoms with Crippen molar-refractivity contribution >= 4 is 11.6 Å². The molecule has 2 aromatic rings. The molecule has 3 rings (SSSR count). The van der Waals surface area contributed by atoms with E-state index in [1.54, 1.807) is 18.3 Å². The van der Waals surface area contributed by atoms with Crippen LogP contribution >= 0.6 is 0 Å². The summed E-state index contributed by atoms with van der Waals surface area (Å²) >= 11 is 0. The number of carbonyl (C=O) groups excluding carboxylic acids is 1. The highest BCUT2D eigenvalue weighted by atomic mass is 16.5. The molecular formula is C14H17N3O3. The molecule has 0 amide bonds. The van der Waals surface area contributed by atoms with Crippen LogP contribution < -0.4 is 5.69 Å². The molecule has 0 bridgehead atoms. The topological polar surface area (TPSA) is 65.6 Å². The maximum Gasteiger partial charge on any atom is 0.350 e. The molecule has 0 N–H and O–H groups in total. The van der Waals surface area contributed by atoms with Crippen LogP contribution in [0.2, 0.25) is 0 Å².